The highest BCUT2D eigenvalue weighted by atomic mass is 32.1. The Kier molecular flexibility index (Phi) is 4.24. The minimum absolute atomic E-state index is 0.184. The molecule has 16 heavy (non-hydrogen) atoms. The zero-order chi connectivity index (χ0) is 12.1. The molecule has 0 aliphatic rings. The van der Waals surface area contributed by atoms with Gasteiger partial charge in [-0.15, -0.1) is 11.3 Å². The van der Waals surface area contributed by atoms with Gasteiger partial charge in [0.1, 0.15) is 6.54 Å². The Morgan fingerprint density at radius 3 is 2.75 bits per heavy atom. The van der Waals surface area contributed by atoms with Gasteiger partial charge in [-0.3, -0.25) is 10.1 Å². The van der Waals surface area contributed by atoms with Crippen molar-refractivity contribution in [1.82, 2.24) is 9.88 Å². The van der Waals surface area contributed by atoms with Gasteiger partial charge in [-0.05, 0) is 13.8 Å². The van der Waals surface area contributed by atoms with E-state index < -0.39 is 12.0 Å². The number of nitrogens with one attached hydrogen (secondary N) is 1. The van der Waals surface area contributed by atoms with E-state index in [0.717, 1.165) is 0 Å². The van der Waals surface area contributed by atoms with E-state index in [9.17, 15) is 9.59 Å². The Balaban J connectivity index is 2.64. The van der Waals surface area contributed by atoms with Gasteiger partial charge in [-0.25, -0.2) is 9.78 Å². The molecule has 0 unspecified atom stereocenters. The number of hydrogen-bond donors (Lipinski definition) is 2. The first-order chi connectivity index (χ1) is 7.50. The first kappa shape index (κ1) is 12.4. The molecule has 0 atom stereocenters. The summed E-state index contributed by atoms with van der Waals surface area (Å²) in [7, 11) is 0. The second kappa shape index (κ2) is 5.45. The summed E-state index contributed by atoms with van der Waals surface area (Å²) in [5.74, 6) is -1.04. The number of urea groups is 1. The molecule has 0 saturated carbocycles. The zero-order valence-corrected chi connectivity index (χ0v) is 9.82. The topological polar surface area (TPSA) is 82.5 Å². The molecular weight excluding hydrogens is 230 g/mol. The first-order valence-electron chi connectivity index (χ1n) is 4.69. The third-order valence-corrected chi connectivity index (χ3v) is 2.52. The third kappa shape index (κ3) is 3.50. The zero-order valence-electron chi connectivity index (χ0n) is 9.01. The van der Waals surface area contributed by atoms with Crippen LogP contribution in [-0.2, 0) is 4.79 Å². The van der Waals surface area contributed by atoms with Crippen molar-refractivity contribution in [3.05, 3.63) is 11.6 Å². The lowest BCUT2D eigenvalue weighted by Gasteiger charge is -2.24. The largest absolute Gasteiger partial charge is 0.480 e. The number of anilines is 1. The average molecular weight is 243 g/mol. The minimum Gasteiger partial charge on any atom is -0.480 e. The number of nitrogens with zero attached hydrogens (tertiary/aromatic N) is 2. The Hall–Kier alpha value is -1.63. The number of amides is 2. The molecule has 0 bridgehead atoms. The van der Waals surface area contributed by atoms with Crippen molar-refractivity contribution in [2.75, 3.05) is 11.9 Å². The molecule has 0 fully saturated rings. The summed E-state index contributed by atoms with van der Waals surface area (Å²) in [4.78, 5) is 27.4. The fourth-order valence-electron chi connectivity index (χ4n) is 1.08. The highest BCUT2D eigenvalue weighted by Gasteiger charge is 2.20. The molecule has 1 aromatic rings. The van der Waals surface area contributed by atoms with E-state index >= 15 is 0 Å². The second-order valence-electron chi connectivity index (χ2n) is 3.38. The van der Waals surface area contributed by atoms with Gasteiger partial charge in [-0.1, -0.05) is 0 Å². The lowest BCUT2D eigenvalue weighted by Crippen LogP contribution is -2.43. The molecule has 0 aliphatic carbocycles. The normalized spacial score (nSPS) is 10.2. The van der Waals surface area contributed by atoms with Gasteiger partial charge in [0.05, 0.1) is 0 Å². The van der Waals surface area contributed by atoms with Gasteiger partial charge in [0, 0.05) is 17.6 Å². The van der Waals surface area contributed by atoms with Crippen LogP contribution >= 0.6 is 11.3 Å². The Labute approximate surface area is 96.9 Å². The molecule has 7 heteroatoms. The number of aliphatic carboxylic acids is 1. The summed E-state index contributed by atoms with van der Waals surface area (Å²) in [5.41, 5.74) is 0. The van der Waals surface area contributed by atoms with E-state index in [2.05, 4.69) is 10.3 Å². The fourth-order valence-corrected chi connectivity index (χ4v) is 1.60. The van der Waals surface area contributed by atoms with Gasteiger partial charge in [0.2, 0.25) is 0 Å². The predicted octanol–water partition coefficient (Wildman–Crippen LogP) is 1.47. The van der Waals surface area contributed by atoms with Crippen LogP contribution in [0.1, 0.15) is 13.8 Å². The second-order valence-corrected chi connectivity index (χ2v) is 4.28. The summed E-state index contributed by atoms with van der Waals surface area (Å²) in [6.45, 7) is 3.18. The van der Waals surface area contributed by atoms with E-state index in [-0.39, 0.29) is 12.6 Å². The number of carbonyl (C=O) groups excluding carboxylic acids is 1. The lowest BCUT2D eigenvalue weighted by atomic mass is 10.3. The highest BCUT2D eigenvalue weighted by molar-refractivity contribution is 7.13. The third-order valence-electron chi connectivity index (χ3n) is 1.84. The van der Waals surface area contributed by atoms with Crippen molar-refractivity contribution in [3.8, 4) is 0 Å². The summed E-state index contributed by atoms with van der Waals surface area (Å²) in [5, 5.41) is 13.4. The molecular formula is C9H13N3O3S. The fraction of sp³-hybridized carbons (Fsp3) is 0.444. The van der Waals surface area contributed by atoms with Crippen LogP contribution in [0, 0.1) is 0 Å². The molecule has 1 heterocycles. The monoisotopic (exact) mass is 243 g/mol. The molecule has 1 rings (SSSR count). The molecule has 0 radical (unpaired) electrons. The maximum atomic E-state index is 11.7. The Morgan fingerprint density at radius 1 is 1.62 bits per heavy atom. The van der Waals surface area contributed by atoms with Crippen LogP contribution in [0.2, 0.25) is 0 Å². The van der Waals surface area contributed by atoms with Crippen LogP contribution in [0.25, 0.3) is 0 Å². The number of thiazole rings is 1. The van der Waals surface area contributed by atoms with Crippen molar-refractivity contribution in [1.29, 1.82) is 0 Å². The molecule has 1 aromatic heterocycles. The minimum atomic E-state index is -1.04. The van der Waals surface area contributed by atoms with Crippen LogP contribution in [0.3, 0.4) is 0 Å². The van der Waals surface area contributed by atoms with Crippen molar-refractivity contribution in [3.63, 3.8) is 0 Å². The number of aromatic nitrogens is 1. The van der Waals surface area contributed by atoms with Gasteiger partial charge in [0.15, 0.2) is 5.13 Å². The van der Waals surface area contributed by atoms with Gasteiger partial charge in [0.25, 0.3) is 0 Å². The number of carboxylic acid groups (broad SMARTS) is 1. The standard InChI is InChI=1S/C9H13N3O3S/c1-6(2)12(5-7(13)14)9(15)11-8-10-3-4-16-8/h3-4,6H,5H2,1-2H3,(H,13,14)(H,10,11,15). The number of rotatable bonds is 4. The van der Waals surface area contributed by atoms with Gasteiger partial charge >= 0.3 is 12.0 Å². The van der Waals surface area contributed by atoms with Crippen molar-refractivity contribution in [2.45, 2.75) is 19.9 Å². The quantitative estimate of drug-likeness (QED) is 0.838. The molecule has 2 N–H and O–H groups in total. The maximum absolute atomic E-state index is 11.7. The molecule has 88 valence electrons. The SMILES string of the molecule is CC(C)N(CC(=O)O)C(=O)Nc1nccs1. The number of hydrogen-bond acceptors (Lipinski definition) is 4. The van der Waals surface area contributed by atoms with E-state index in [1.807, 2.05) is 0 Å². The van der Waals surface area contributed by atoms with Crippen LogP contribution in [0.15, 0.2) is 11.6 Å². The van der Waals surface area contributed by atoms with Crippen molar-refractivity contribution >= 4 is 28.5 Å². The molecule has 0 aliphatic heterocycles. The average Bonchev–Trinajstić information content (AvgIpc) is 2.65. The van der Waals surface area contributed by atoms with Crippen LogP contribution in [-0.4, -0.2) is 39.6 Å². The van der Waals surface area contributed by atoms with Crippen molar-refractivity contribution in [2.24, 2.45) is 0 Å². The van der Waals surface area contributed by atoms with Gasteiger partial charge < -0.3 is 10.0 Å². The highest BCUT2D eigenvalue weighted by Crippen LogP contribution is 2.12. The van der Waals surface area contributed by atoms with Gasteiger partial charge in [-0.2, -0.15) is 0 Å². The summed E-state index contributed by atoms with van der Waals surface area (Å²) >= 11 is 1.28. The molecule has 0 aromatic carbocycles. The predicted molar refractivity (Wildman–Crippen MR) is 60.6 cm³/mol. The van der Waals surface area contributed by atoms with E-state index in [1.165, 1.54) is 16.2 Å². The number of carboxylic acids is 1. The smallest absolute Gasteiger partial charge is 0.324 e. The first-order valence-corrected chi connectivity index (χ1v) is 5.57. The van der Waals surface area contributed by atoms with E-state index in [1.54, 1.807) is 25.4 Å². The summed E-state index contributed by atoms with van der Waals surface area (Å²) < 4.78 is 0. The molecule has 0 saturated heterocycles. The van der Waals surface area contributed by atoms with Crippen LogP contribution < -0.4 is 5.32 Å². The van der Waals surface area contributed by atoms with E-state index in [0.29, 0.717) is 5.13 Å². The maximum Gasteiger partial charge on any atom is 0.324 e. The molecule has 0 spiro atoms. The van der Waals surface area contributed by atoms with Crippen molar-refractivity contribution < 1.29 is 14.7 Å². The molecule has 6 nitrogen and oxygen atoms in total. The lowest BCUT2D eigenvalue weighted by molar-refractivity contribution is -0.137. The molecule has 2 amide bonds. The Morgan fingerprint density at radius 2 is 2.31 bits per heavy atom. The van der Waals surface area contributed by atoms with E-state index in [4.69, 9.17) is 5.11 Å². The van der Waals surface area contributed by atoms with Crippen LogP contribution in [0.4, 0.5) is 9.93 Å². The summed E-state index contributed by atoms with van der Waals surface area (Å²) in [6.07, 6.45) is 1.57. The Bertz CT molecular complexity index is 364. The van der Waals surface area contributed by atoms with Crippen LogP contribution in [0.5, 0.6) is 0 Å². The summed E-state index contributed by atoms with van der Waals surface area (Å²) in [6, 6.07) is -0.636. The number of carbonyl (C=O) groups is 2.